The summed E-state index contributed by atoms with van der Waals surface area (Å²) in [4.78, 5) is 30.5. The van der Waals surface area contributed by atoms with Crippen LogP contribution >= 0.6 is 0 Å². The summed E-state index contributed by atoms with van der Waals surface area (Å²) in [6.45, 7) is 14.0. The SMILES string of the molecule is CCC(=O)[C@@]1(O)[C@H](C)C[C@H]2[C@@H]3CCC4=CC(=Nc5ccc(C(=O)CCCC(C)(C)C)cc5)C=C[C@]4(C)[C@@]3(F)[C@@H](O)C[C@@]21C. The van der Waals surface area contributed by atoms with Crippen LogP contribution < -0.4 is 0 Å². The lowest BCUT2D eigenvalue weighted by Crippen LogP contribution is -2.69. The van der Waals surface area contributed by atoms with E-state index in [0.717, 1.165) is 24.1 Å². The largest absolute Gasteiger partial charge is 0.390 e. The predicted molar refractivity (Wildman–Crippen MR) is 169 cm³/mol. The van der Waals surface area contributed by atoms with Crippen molar-refractivity contribution in [3.8, 4) is 0 Å². The Morgan fingerprint density at radius 1 is 1.12 bits per heavy atom. The number of aliphatic imine (C=N–C) groups is 1. The summed E-state index contributed by atoms with van der Waals surface area (Å²) in [5.41, 5.74) is -2.11. The maximum Gasteiger partial charge on any atom is 0.164 e. The number of carbonyl (C=O) groups is 2. The molecule has 43 heavy (non-hydrogen) atoms. The van der Waals surface area contributed by atoms with Crippen LogP contribution in [0, 0.1) is 34.0 Å². The van der Waals surface area contributed by atoms with Crippen molar-refractivity contribution in [3.63, 3.8) is 0 Å². The van der Waals surface area contributed by atoms with Gasteiger partial charge in [0.25, 0.3) is 0 Å². The molecular weight excluding hydrogens is 541 g/mol. The van der Waals surface area contributed by atoms with Crippen LogP contribution in [-0.2, 0) is 4.79 Å². The standard InChI is InChI=1S/C37H50FNO4/c1-8-31(41)37(43)23(2)20-29-28-16-13-25-21-27(17-19-34(25,6)36(28,38)32(42)22-35(29,37)7)39-26-14-11-24(12-15-26)30(40)10-9-18-33(3,4)5/h11-12,14-15,17,19,21,23,28-29,32,42-43H,8-10,13,16,18,20,22H2,1-7H3/t23-,28+,29+,32+,34+,35+,36+,37+/m1/s1. The van der Waals surface area contributed by atoms with E-state index in [4.69, 9.17) is 4.99 Å². The number of rotatable bonds is 7. The number of ketones is 2. The molecule has 4 aliphatic rings. The summed E-state index contributed by atoms with van der Waals surface area (Å²) in [6.07, 6.45) is 8.80. The van der Waals surface area contributed by atoms with Crippen molar-refractivity contribution in [2.75, 3.05) is 0 Å². The molecule has 0 radical (unpaired) electrons. The van der Waals surface area contributed by atoms with Crippen molar-refractivity contribution >= 4 is 23.0 Å². The highest BCUT2D eigenvalue weighted by Crippen LogP contribution is 2.70. The van der Waals surface area contributed by atoms with E-state index in [2.05, 4.69) is 20.8 Å². The highest BCUT2D eigenvalue weighted by atomic mass is 19.1. The maximum absolute atomic E-state index is 17.6. The third-order valence-corrected chi connectivity index (χ3v) is 11.8. The van der Waals surface area contributed by atoms with Crippen LogP contribution in [0.5, 0.6) is 0 Å². The molecule has 3 fully saturated rings. The molecule has 0 unspecified atom stereocenters. The summed E-state index contributed by atoms with van der Waals surface area (Å²) in [6, 6.07) is 7.35. The topological polar surface area (TPSA) is 87.0 Å². The molecular formula is C37H50FNO4. The zero-order chi connectivity index (χ0) is 31.6. The second-order valence-electron chi connectivity index (χ2n) is 15.5. The minimum absolute atomic E-state index is 0.0518. The van der Waals surface area contributed by atoms with E-state index in [-0.39, 0.29) is 41.7 Å². The van der Waals surface area contributed by atoms with Crippen LogP contribution in [0.25, 0.3) is 0 Å². The molecule has 0 saturated heterocycles. The minimum atomic E-state index is -1.92. The summed E-state index contributed by atoms with van der Waals surface area (Å²) in [5.74, 6) is -1.03. The van der Waals surface area contributed by atoms with E-state index in [1.54, 1.807) is 6.92 Å². The van der Waals surface area contributed by atoms with Gasteiger partial charge >= 0.3 is 0 Å². The number of carbonyl (C=O) groups excluding carboxylic acids is 2. The van der Waals surface area contributed by atoms with Crippen molar-refractivity contribution in [1.82, 2.24) is 0 Å². The number of aliphatic hydroxyl groups is 2. The first kappa shape index (κ1) is 32.0. The lowest BCUT2D eigenvalue weighted by molar-refractivity contribution is -0.218. The summed E-state index contributed by atoms with van der Waals surface area (Å²) in [5, 5.41) is 23.4. The average molecular weight is 592 g/mol. The van der Waals surface area contributed by atoms with Gasteiger partial charge in [-0.2, -0.15) is 0 Å². The van der Waals surface area contributed by atoms with Gasteiger partial charge in [-0.05, 0) is 99.1 Å². The van der Waals surface area contributed by atoms with E-state index in [0.29, 0.717) is 37.0 Å². The normalized spacial score (nSPS) is 39.6. The highest BCUT2D eigenvalue weighted by Gasteiger charge is 2.75. The predicted octanol–water partition coefficient (Wildman–Crippen LogP) is 7.92. The molecule has 5 nitrogen and oxygen atoms in total. The van der Waals surface area contributed by atoms with Crippen LogP contribution in [0.4, 0.5) is 10.1 Å². The molecule has 8 atom stereocenters. The quantitative estimate of drug-likeness (QED) is 0.316. The first-order chi connectivity index (χ1) is 20.0. The Balaban J connectivity index is 1.37. The molecule has 6 heteroatoms. The molecule has 5 rings (SSSR count). The van der Waals surface area contributed by atoms with Gasteiger partial charge in [-0.3, -0.25) is 9.59 Å². The molecule has 234 valence electrons. The third-order valence-electron chi connectivity index (χ3n) is 11.8. The lowest BCUT2D eigenvalue weighted by atomic mass is 9.44. The smallest absolute Gasteiger partial charge is 0.164 e. The molecule has 0 aromatic heterocycles. The summed E-state index contributed by atoms with van der Waals surface area (Å²) in [7, 11) is 0. The van der Waals surface area contributed by atoms with Crippen LogP contribution in [0.15, 0.2) is 53.1 Å². The van der Waals surface area contributed by atoms with Gasteiger partial charge in [0.05, 0.1) is 17.5 Å². The van der Waals surface area contributed by atoms with Crippen molar-refractivity contribution in [3.05, 3.63) is 53.6 Å². The first-order valence-corrected chi connectivity index (χ1v) is 16.3. The van der Waals surface area contributed by atoms with Gasteiger partial charge in [-0.25, -0.2) is 9.38 Å². The number of alkyl halides is 1. The second kappa shape index (κ2) is 10.9. The molecule has 1 aromatic carbocycles. The number of aliphatic hydroxyl groups excluding tert-OH is 1. The molecule has 0 heterocycles. The summed E-state index contributed by atoms with van der Waals surface area (Å²) >= 11 is 0. The van der Waals surface area contributed by atoms with Gasteiger partial charge in [0, 0.05) is 35.2 Å². The molecule has 1 aromatic rings. The lowest BCUT2D eigenvalue weighted by Gasteiger charge is -2.62. The molecule has 0 aliphatic heterocycles. The fourth-order valence-corrected chi connectivity index (χ4v) is 9.28. The van der Waals surface area contributed by atoms with Crippen molar-refractivity contribution in [2.24, 2.45) is 39.0 Å². The molecule has 0 amide bonds. The highest BCUT2D eigenvalue weighted by molar-refractivity contribution is 6.07. The number of benzene rings is 1. The van der Waals surface area contributed by atoms with Crippen molar-refractivity contribution in [1.29, 1.82) is 0 Å². The Morgan fingerprint density at radius 2 is 1.79 bits per heavy atom. The third kappa shape index (κ3) is 4.91. The monoisotopic (exact) mass is 591 g/mol. The fourth-order valence-electron chi connectivity index (χ4n) is 9.28. The van der Waals surface area contributed by atoms with E-state index >= 15 is 4.39 Å². The number of hydrogen-bond acceptors (Lipinski definition) is 5. The molecule has 4 aliphatic carbocycles. The molecule has 3 saturated carbocycles. The number of halogens is 1. The summed E-state index contributed by atoms with van der Waals surface area (Å²) < 4.78 is 17.6. The first-order valence-electron chi connectivity index (χ1n) is 16.3. The van der Waals surface area contributed by atoms with Crippen LogP contribution in [0.1, 0.15) is 110 Å². The van der Waals surface area contributed by atoms with Gasteiger partial charge in [-0.15, -0.1) is 0 Å². The zero-order valence-corrected chi connectivity index (χ0v) is 27.0. The van der Waals surface area contributed by atoms with Gasteiger partial charge in [0.2, 0.25) is 0 Å². The molecule has 2 N–H and O–H groups in total. The number of nitrogens with zero attached hydrogens (tertiary/aromatic N) is 1. The Hall–Kier alpha value is -2.44. The number of allylic oxidation sites excluding steroid dienone is 4. The Labute approximate surface area is 256 Å². The van der Waals surface area contributed by atoms with Gasteiger partial charge in [0.15, 0.2) is 17.2 Å². The Bertz CT molecular complexity index is 1370. The average Bonchev–Trinajstić information content (AvgIpc) is 3.14. The number of hydrogen-bond donors (Lipinski definition) is 2. The van der Waals surface area contributed by atoms with Gasteiger partial charge in [-0.1, -0.05) is 53.2 Å². The number of fused-ring (bicyclic) bond motifs is 5. The minimum Gasteiger partial charge on any atom is -0.390 e. The Morgan fingerprint density at radius 3 is 2.42 bits per heavy atom. The molecule has 0 spiro atoms. The zero-order valence-electron chi connectivity index (χ0n) is 27.0. The second-order valence-corrected chi connectivity index (χ2v) is 15.5. The van der Waals surface area contributed by atoms with Crippen LogP contribution in [-0.4, -0.2) is 44.9 Å². The fraction of sp³-hybridized carbons (Fsp3) is 0.649. The van der Waals surface area contributed by atoms with E-state index in [1.165, 1.54) is 0 Å². The van der Waals surface area contributed by atoms with Gasteiger partial charge in [0.1, 0.15) is 5.60 Å². The van der Waals surface area contributed by atoms with E-state index in [9.17, 15) is 19.8 Å². The van der Waals surface area contributed by atoms with Crippen LogP contribution in [0.2, 0.25) is 0 Å². The van der Waals surface area contributed by atoms with Crippen molar-refractivity contribution in [2.45, 2.75) is 117 Å². The maximum atomic E-state index is 17.6. The van der Waals surface area contributed by atoms with Gasteiger partial charge < -0.3 is 10.2 Å². The van der Waals surface area contributed by atoms with E-state index in [1.807, 2.05) is 63.3 Å². The Kier molecular flexibility index (Phi) is 8.08. The van der Waals surface area contributed by atoms with Crippen molar-refractivity contribution < 1.29 is 24.2 Å². The van der Waals surface area contributed by atoms with E-state index < -0.39 is 34.1 Å². The number of Topliss-reactive ketones (excluding diaryl/α,β-unsaturated/α-hetero) is 2. The molecule has 0 bridgehead atoms. The van der Waals surface area contributed by atoms with Crippen LogP contribution in [0.3, 0.4) is 0 Å².